The van der Waals surface area contributed by atoms with Crippen molar-refractivity contribution < 1.29 is 31.9 Å². The zero-order valence-corrected chi connectivity index (χ0v) is 27.3. The first-order valence-corrected chi connectivity index (χ1v) is 15.1. The molecule has 1 saturated heterocycles. The summed E-state index contributed by atoms with van der Waals surface area (Å²) >= 11 is 6.47. The Bertz CT molecular complexity index is 2060. The second-order valence-corrected chi connectivity index (χ2v) is 11.9. The highest BCUT2D eigenvalue weighted by Crippen LogP contribution is 2.44. The lowest BCUT2D eigenvalue weighted by Crippen LogP contribution is -2.57. The molecule has 4 aromatic rings. The molecule has 0 atom stereocenters. The number of rotatable bonds is 7. The number of benzene rings is 2. The summed E-state index contributed by atoms with van der Waals surface area (Å²) < 4.78 is 53.3. The number of nitrogens with one attached hydrogen (secondary N) is 2. The average Bonchev–Trinajstić information content (AvgIpc) is 3.34. The first-order chi connectivity index (χ1) is 23.1. The molecule has 3 heterocycles. The minimum absolute atomic E-state index is 0.0450. The first kappa shape index (κ1) is 34.9. The number of halogens is 5. The Morgan fingerprint density at radius 3 is 2.37 bits per heavy atom. The van der Waals surface area contributed by atoms with Crippen molar-refractivity contribution in [2.45, 2.75) is 12.2 Å². The fourth-order valence-electron chi connectivity index (χ4n) is 5.55. The molecule has 0 spiro atoms. The van der Waals surface area contributed by atoms with E-state index < -0.39 is 30.4 Å². The molecule has 1 aliphatic heterocycles. The van der Waals surface area contributed by atoms with Crippen LogP contribution in [0.3, 0.4) is 0 Å². The van der Waals surface area contributed by atoms with Crippen LogP contribution in [0.5, 0.6) is 0 Å². The van der Waals surface area contributed by atoms with E-state index in [0.717, 1.165) is 13.1 Å². The summed E-state index contributed by atoms with van der Waals surface area (Å²) in [6, 6.07) is 10.7. The maximum Gasteiger partial charge on any atom is 0.405 e. The van der Waals surface area contributed by atoms with Crippen molar-refractivity contribution in [1.82, 2.24) is 24.7 Å². The molecule has 1 aliphatic rings. The van der Waals surface area contributed by atoms with E-state index in [0.29, 0.717) is 38.9 Å². The quantitative estimate of drug-likeness (QED) is 0.142. The van der Waals surface area contributed by atoms with Gasteiger partial charge in [-0.3, -0.25) is 14.4 Å². The third-order valence-electron chi connectivity index (χ3n) is 8.07. The van der Waals surface area contributed by atoms with Crippen molar-refractivity contribution in [2.75, 3.05) is 44.8 Å². The van der Waals surface area contributed by atoms with Gasteiger partial charge in [0, 0.05) is 50.6 Å². The fourth-order valence-corrected chi connectivity index (χ4v) is 5.81. The number of nitrogens with zero attached hydrogens (tertiary/aromatic N) is 4. The summed E-state index contributed by atoms with van der Waals surface area (Å²) in [5.41, 5.74) is 9.54. The van der Waals surface area contributed by atoms with E-state index in [2.05, 4.69) is 33.6 Å². The topological polar surface area (TPSA) is 126 Å². The zero-order valence-electron chi connectivity index (χ0n) is 26.5. The molecule has 0 bridgehead atoms. The number of likely N-dealkylation sites (N-methyl/N-ethyl adjacent to an activating group) is 2. The van der Waals surface area contributed by atoms with E-state index in [4.69, 9.17) is 17.3 Å². The van der Waals surface area contributed by atoms with Gasteiger partial charge >= 0.3 is 6.18 Å². The summed E-state index contributed by atoms with van der Waals surface area (Å²) in [4.78, 5) is 45.3. The molecule has 1 fully saturated rings. The van der Waals surface area contributed by atoms with Crippen LogP contribution >= 0.6 is 11.6 Å². The van der Waals surface area contributed by atoms with Crippen molar-refractivity contribution in [3.8, 4) is 34.2 Å². The van der Waals surface area contributed by atoms with Crippen molar-refractivity contribution in [3.63, 3.8) is 0 Å². The fraction of sp³-hybridized carbons (Fsp3) is 0.235. The number of nitrogen functional groups attached to an aromatic ring is 1. The van der Waals surface area contributed by atoms with Crippen LogP contribution in [0.2, 0.25) is 5.02 Å². The van der Waals surface area contributed by atoms with Crippen LogP contribution < -0.4 is 16.4 Å². The maximum absolute atomic E-state index is 13.3. The lowest BCUT2D eigenvalue weighted by atomic mass is 9.96. The van der Waals surface area contributed by atoms with E-state index in [1.807, 2.05) is 12.4 Å². The smallest absolute Gasteiger partial charge is 0.383 e. The van der Waals surface area contributed by atoms with Crippen molar-refractivity contribution in [2.24, 2.45) is 7.05 Å². The largest absolute Gasteiger partial charge is 0.405 e. The van der Waals surface area contributed by atoms with Crippen LogP contribution in [0, 0.1) is 11.8 Å². The van der Waals surface area contributed by atoms with Crippen LogP contribution in [0.4, 0.5) is 29.1 Å². The Morgan fingerprint density at radius 1 is 1.12 bits per heavy atom. The number of pyridine rings is 1. The normalized spacial score (nSPS) is 13.3. The summed E-state index contributed by atoms with van der Waals surface area (Å²) in [5, 5.41) is 4.51. The number of fused-ring (bicyclic) bond motifs is 1. The van der Waals surface area contributed by atoms with Gasteiger partial charge in [0.15, 0.2) is 5.83 Å². The van der Waals surface area contributed by atoms with E-state index in [9.17, 15) is 31.9 Å². The third-order valence-corrected chi connectivity index (χ3v) is 8.38. The molecular weight excluding hydrogens is 666 g/mol. The number of hydrogen-bond donors (Lipinski definition) is 3. The number of anilines is 2. The molecule has 5 rings (SSSR count). The van der Waals surface area contributed by atoms with Gasteiger partial charge in [-0.15, -0.1) is 0 Å². The molecule has 4 N–H and O–H groups in total. The molecule has 49 heavy (non-hydrogen) atoms. The van der Waals surface area contributed by atoms with Crippen molar-refractivity contribution in [3.05, 3.63) is 77.2 Å². The SMILES string of the molecule is C=C(F)C(=O)Nc1ccc(-c2c(-c3ccc(C(=O)NCC(F)(F)F)c(Cl)c3)c3c(N)ncc(C#CC(=O)N(C)C4CN(C)C4)c3n2C)cc1. The van der Waals surface area contributed by atoms with Gasteiger partial charge in [0.1, 0.15) is 12.4 Å². The van der Waals surface area contributed by atoms with E-state index in [-0.39, 0.29) is 34.0 Å². The van der Waals surface area contributed by atoms with Crippen LogP contribution in [0.15, 0.2) is 61.1 Å². The number of aryl methyl sites for hydroxylation is 1. The second kappa shape index (κ2) is 13.6. The van der Waals surface area contributed by atoms with Crippen LogP contribution in [-0.4, -0.2) is 83.0 Å². The molecule has 2 aromatic carbocycles. The van der Waals surface area contributed by atoms with Gasteiger partial charge in [-0.25, -0.2) is 9.37 Å². The Morgan fingerprint density at radius 2 is 1.78 bits per heavy atom. The first-order valence-electron chi connectivity index (χ1n) is 14.7. The van der Waals surface area contributed by atoms with Gasteiger partial charge in [-0.05, 0) is 42.4 Å². The van der Waals surface area contributed by atoms with Crippen LogP contribution in [-0.2, 0) is 16.6 Å². The summed E-state index contributed by atoms with van der Waals surface area (Å²) in [7, 11) is 5.39. The number of carbonyl (C=O) groups excluding carboxylic acids is 3. The van der Waals surface area contributed by atoms with Gasteiger partial charge < -0.3 is 30.7 Å². The average molecular weight is 696 g/mol. The predicted molar refractivity (Wildman–Crippen MR) is 179 cm³/mol. The molecule has 2 aromatic heterocycles. The molecule has 0 radical (unpaired) electrons. The summed E-state index contributed by atoms with van der Waals surface area (Å²) in [5.74, 6) is 2.19. The number of alkyl halides is 3. The lowest BCUT2D eigenvalue weighted by Gasteiger charge is -2.41. The van der Waals surface area contributed by atoms with Gasteiger partial charge in [0.2, 0.25) is 0 Å². The zero-order chi connectivity index (χ0) is 35.8. The number of amides is 3. The number of aromatic nitrogens is 2. The summed E-state index contributed by atoms with van der Waals surface area (Å²) in [6.45, 7) is 2.93. The molecule has 0 unspecified atom stereocenters. The number of hydrogen-bond acceptors (Lipinski definition) is 6. The minimum Gasteiger partial charge on any atom is -0.383 e. The number of carbonyl (C=O) groups is 3. The molecule has 15 heteroatoms. The third kappa shape index (κ3) is 7.38. The van der Waals surface area contributed by atoms with Crippen LogP contribution in [0.25, 0.3) is 33.3 Å². The predicted octanol–water partition coefficient (Wildman–Crippen LogP) is 4.98. The Kier molecular flexibility index (Phi) is 9.71. The van der Waals surface area contributed by atoms with E-state index in [1.165, 1.54) is 24.4 Å². The molecular formula is C34H30ClF4N7O3. The van der Waals surface area contributed by atoms with Crippen molar-refractivity contribution >= 4 is 51.7 Å². The van der Waals surface area contributed by atoms with Gasteiger partial charge in [-0.2, -0.15) is 13.2 Å². The molecule has 3 amide bonds. The van der Waals surface area contributed by atoms with E-state index in [1.54, 1.807) is 47.8 Å². The number of nitrogens with two attached hydrogens (primary N) is 1. The van der Waals surface area contributed by atoms with Crippen LogP contribution in [0.1, 0.15) is 15.9 Å². The molecule has 254 valence electrons. The Hall–Kier alpha value is -5.39. The monoisotopic (exact) mass is 695 g/mol. The Balaban J connectivity index is 1.65. The molecule has 10 nitrogen and oxygen atoms in total. The second-order valence-electron chi connectivity index (χ2n) is 11.5. The number of likely N-dealkylation sites (tertiary alicyclic amines) is 1. The molecule has 0 aliphatic carbocycles. The van der Waals surface area contributed by atoms with Gasteiger partial charge in [0.05, 0.1) is 38.8 Å². The van der Waals surface area contributed by atoms with Gasteiger partial charge in [0.25, 0.3) is 17.7 Å². The Labute approximate surface area is 283 Å². The van der Waals surface area contributed by atoms with Crippen molar-refractivity contribution in [1.29, 1.82) is 0 Å². The maximum atomic E-state index is 13.3. The highest BCUT2D eigenvalue weighted by Gasteiger charge is 2.30. The standard InChI is InChI=1S/C34H30ClF4N7O3/c1-18(36)32(48)43-22-9-5-19(6-10-22)29-27(20-7-11-24(25(35)13-20)33(49)42-17-34(37,38)39)28-30(46(29)4)21(14-41-31(28)40)8-12-26(47)45(3)23-15-44(2)16-23/h5-7,9-11,13-14,23H,1,15-17H2,2-4H3,(H2,40,41)(H,42,49)(H,43,48). The highest BCUT2D eigenvalue weighted by molar-refractivity contribution is 6.34. The highest BCUT2D eigenvalue weighted by atomic mass is 35.5. The summed E-state index contributed by atoms with van der Waals surface area (Å²) in [6.07, 6.45) is -3.16. The van der Waals surface area contributed by atoms with Gasteiger partial charge in [-0.1, -0.05) is 42.3 Å². The van der Waals surface area contributed by atoms with E-state index >= 15 is 0 Å². The lowest BCUT2D eigenvalue weighted by molar-refractivity contribution is -0.128. The minimum atomic E-state index is -4.61. The molecule has 0 saturated carbocycles.